The van der Waals surface area contributed by atoms with E-state index in [1.54, 1.807) is 29.2 Å². The molecule has 2 bridgehead atoms. The van der Waals surface area contributed by atoms with Crippen LogP contribution in [0.3, 0.4) is 0 Å². The van der Waals surface area contributed by atoms with Crippen LogP contribution in [0.4, 0.5) is 5.69 Å². The molecule has 47 heavy (non-hydrogen) atoms. The average molecular weight is 682 g/mol. The molecular weight excluding hydrogens is 638 g/mol. The van der Waals surface area contributed by atoms with Crippen LogP contribution in [0.5, 0.6) is 5.75 Å². The van der Waals surface area contributed by atoms with E-state index in [9.17, 15) is 13.2 Å². The maximum atomic E-state index is 13.5. The van der Waals surface area contributed by atoms with E-state index in [1.807, 2.05) is 38.2 Å². The molecule has 1 fully saturated rings. The number of hydrogen-bond donors (Lipinski definition) is 1. The maximum absolute atomic E-state index is 13.5. The summed E-state index contributed by atoms with van der Waals surface area (Å²) in [5.74, 6) is 1.29. The number of carbonyl (C=O) groups excluding carboxylic acids is 1. The van der Waals surface area contributed by atoms with Crippen molar-refractivity contribution >= 4 is 33.2 Å². The van der Waals surface area contributed by atoms with Gasteiger partial charge < -0.3 is 14.4 Å². The Balaban J connectivity index is 1.35. The molecule has 0 unspecified atom stereocenters. The number of allylic oxidation sites excluding steroid dienone is 1. The fraction of sp³-hybridized carbons (Fsp3) is 0.514. The first-order chi connectivity index (χ1) is 22.7. The number of nitrogens with zero attached hydrogens (tertiary/aromatic N) is 4. The predicted octanol–water partition coefficient (Wildman–Crippen LogP) is 5.99. The summed E-state index contributed by atoms with van der Waals surface area (Å²) in [4.78, 5) is 20.1. The monoisotopic (exact) mass is 681 g/mol. The second kappa shape index (κ2) is 14.8. The van der Waals surface area contributed by atoms with Gasteiger partial charge in [0.2, 0.25) is 10.0 Å². The molecule has 12 heteroatoms. The Bertz CT molecular complexity index is 1710. The number of amides is 1. The van der Waals surface area contributed by atoms with Crippen LogP contribution < -0.4 is 14.4 Å². The molecule has 0 saturated heterocycles. The van der Waals surface area contributed by atoms with Gasteiger partial charge in [-0.3, -0.25) is 9.48 Å². The van der Waals surface area contributed by atoms with E-state index < -0.39 is 21.2 Å². The number of rotatable bonds is 4. The molecule has 2 aliphatic heterocycles. The minimum atomic E-state index is -3.90. The number of aryl methyl sites for hydroxylation is 2. The Labute approximate surface area is 282 Å². The topological polar surface area (TPSA) is 116 Å². The Hall–Kier alpha value is -3.41. The number of anilines is 1. The van der Waals surface area contributed by atoms with Crippen molar-refractivity contribution in [2.24, 2.45) is 18.9 Å². The number of hydrogen-bond acceptors (Lipinski definition) is 8. The lowest BCUT2D eigenvalue weighted by atomic mass is 9.70. The number of carbonyl (C=O) groups is 1. The molecule has 1 N–H and O–H groups in total. The van der Waals surface area contributed by atoms with Gasteiger partial charge >= 0.3 is 0 Å². The molecule has 3 heterocycles. The van der Waals surface area contributed by atoms with Gasteiger partial charge in [0.25, 0.3) is 5.91 Å². The number of sulfonamides is 1. The van der Waals surface area contributed by atoms with Crippen LogP contribution in [0.15, 0.2) is 54.9 Å². The summed E-state index contributed by atoms with van der Waals surface area (Å²) >= 11 is 6.35. The van der Waals surface area contributed by atoms with Crippen LogP contribution in [-0.2, 0) is 41.4 Å². The number of halogens is 1. The first-order valence-electron chi connectivity index (χ1n) is 16.7. The van der Waals surface area contributed by atoms with Crippen molar-refractivity contribution in [2.75, 3.05) is 18.0 Å². The van der Waals surface area contributed by atoms with E-state index in [0.29, 0.717) is 60.6 Å². The lowest BCUT2D eigenvalue weighted by Gasteiger charge is -2.44. The quantitative estimate of drug-likeness (QED) is 0.334. The highest BCUT2D eigenvalue weighted by molar-refractivity contribution is 7.90. The van der Waals surface area contributed by atoms with E-state index in [0.717, 1.165) is 56.4 Å². The Morgan fingerprint density at radius 1 is 1.11 bits per heavy atom. The van der Waals surface area contributed by atoms with Crippen LogP contribution in [0, 0.1) is 11.8 Å². The number of ether oxygens (including phenoxy) is 2. The zero-order chi connectivity index (χ0) is 33.0. The third-order valence-corrected chi connectivity index (χ3v) is 11.9. The summed E-state index contributed by atoms with van der Waals surface area (Å²) in [5, 5.41) is 4.40. The summed E-state index contributed by atoms with van der Waals surface area (Å²) in [7, 11) is -2.07. The van der Waals surface area contributed by atoms with E-state index in [1.165, 1.54) is 5.56 Å². The van der Waals surface area contributed by atoms with Gasteiger partial charge in [0.1, 0.15) is 25.3 Å². The first kappa shape index (κ1) is 33.5. The molecule has 1 amide bonds. The molecule has 6 rings (SSSR count). The van der Waals surface area contributed by atoms with Gasteiger partial charge in [-0.15, -0.1) is 0 Å². The minimum absolute atomic E-state index is 0.160. The van der Waals surface area contributed by atoms with Crippen molar-refractivity contribution in [2.45, 2.75) is 82.9 Å². The summed E-state index contributed by atoms with van der Waals surface area (Å²) in [6.45, 7) is 4.01. The van der Waals surface area contributed by atoms with Crippen LogP contribution in [0.25, 0.3) is 0 Å². The summed E-state index contributed by atoms with van der Waals surface area (Å²) in [5.41, 5.74) is 3.34. The van der Waals surface area contributed by atoms with Gasteiger partial charge in [0.05, 0.1) is 17.0 Å². The normalized spacial score (nSPS) is 25.6. The lowest BCUT2D eigenvalue weighted by molar-refractivity contribution is -0.0247. The highest BCUT2D eigenvalue weighted by atomic mass is 35.5. The first-order valence-corrected chi connectivity index (χ1v) is 18.6. The van der Waals surface area contributed by atoms with Gasteiger partial charge in [-0.1, -0.05) is 36.7 Å². The molecule has 252 valence electrons. The predicted molar refractivity (Wildman–Crippen MR) is 182 cm³/mol. The fourth-order valence-electron chi connectivity index (χ4n) is 6.92. The molecule has 4 atom stereocenters. The van der Waals surface area contributed by atoms with Crippen LogP contribution in [0.1, 0.15) is 79.2 Å². The van der Waals surface area contributed by atoms with Crippen molar-refractivity contribution in [1.29, 1.82) is 0 Å². The van der Waals surface area contributed by atoms with E-state index in [-0.39, 0.29) is 12.0 Å². The van der Waals surface area contributed by atoms with E-state index in [2.05, 4.69) is 25.8 Å². The van der Waals surface area contributed by atoms with Gasteiger partial charge in [-0.2, -0.15) is 5.10 Å². The van der Waals surface area contributed by atoms with Crippen molar-refractivity contribution in [1.82, 2.24) is 19.5 Å². The highest BCUT2D eigenvalue weighted by Crippen LogP contribution is 2.42. The smallest absolute Gasteiger partial charge is 0.264 e. The minimum Gasteiger partial charge on any atom is -0.487 e. The lowest BCUT2D eigenvalue weighted by Crippen LogP contribution is -2.44. The molecule has 0 radical (unpaired) electrons. The van der Waals surface area contributed by atoms with Gasteiger partial charge in [0.15, 0.2) is 5.82 Å². The molecule has 1 saturated carbocycles. The summed E-state index contributed by atoms with van der Waals surface area (Å²) in [6.07, 6.45) is 11.9. The number of nitrogens with one attached hydrogen (secondary N) is 1. The zero-order valence-electron chi connectivity index (χ0n) is 27.1. The maximum Gasteiger partial charge on any atom is 0.264 e. The van der Waals surface area contributed by atoms with Gasteiger partial charge in [-0.25, -0.2) is 18.1 Å². The standard InChI is InChI=1S/C35H44ClN5O5S/c1-3-29-9-4-5-10-32(46-22-34-37-23-40(2)38-34)30-15-12-26(30)20-41-17-7-6-8-24-18-28(36)14-11-27(24)21-45-33-16-13-25(19-31(33)41)35(42)39-47(29,43)44/h5,10-11,13-14,16,18-19,23,26,29-30,32H,3-4,6-9,12,15,17,20-22H2,1-2H3,(H,39,42)/b10-5+/t26-,29+,30+,32-/m0/s1. The highest BCUT2D eigenvalue weighted by Gasteiger charge is 2.38. The third-order valence-electron chi connectivity index (χ3n) is 9.75. The van der Waals surface area contributed by atoms with Crippen molar-refractivity contribution in [3.8, 4) is 5.75 Å². The molecule has 0 spiro atoms. The summed E-state index contributed by atoms with van der Waals surface area (Å²) < 4.78 is 43.7. The van der Waals surface area contributed by atoms with Crippen LogP contribution in [0.2, 0.25) is 5.02 Å². The average Bonchev–Trinajstić information content (AvgIpc) is 3.44. The van der Waals surface area contributed by atoms with Crippen LogP contribution >= 0.6 is 11.6 Å². The summed E-state index contributed by atoms with van der Waals surface area (Å²) in [6, 6.07) is 11.2. The molecule has 3 aliphatic rings. The Kier molecular flexibility index (Phi) is 10.5. The van der Waals surface area contributed by atoms with Crippen molar-refractivity contribution < 1.29 is 22.7 Å². The SMILES string of the molecule is CC[C@@H]1CC/C=C/[C@H](OCc2ncn(C)n2)[C@@H]2CC[C@H]2CN2CCCCc3cc(Cl)ccc3COc3ccc(cc32)C(=O)NS1(=O)=O. The number of benzene rings is 2. The molecule has 1 aliphatic carbocycles. The number of fused-ring (bicyclic) bond motifs is 3. The zero-order valence-corrected chi connectivity index (χ0v) is 28.7. The second-order valence-electron chi connectivity index (χ2n) is 12.9. The largest absolute Gasteiger partial charge is 0.487 e. The van der Waals surface area contributed by atoms with E-state index in [4.69, 9.17) is 21.1 Å². The second-order valence-corrected chi connectivity index (χ2v) is 15.3. The van der Waals surface area contributed by atoms with Gasteiger partial charge in [0, 0.05) is 30.7 Å². The van der Waals surface area contributed by atoms with Gasteiger partial charge in [-0.05, 0) is 105 Å². The van der Waals surface area contributed by atoms with Crippen LogP contribution in [-0.4, -0.2) is 53.5 Å². The molecule has 3 aromatic rings. The third kappa shape index (κ3) is 8.01. The molecule has 2 aromatic carbocycles. The Morgan fingerprint density at radius 3 is 2.74 bits per heavy atom. The van der Waals surface area contributed by atoms with Crippen molar-refractivity contribution in [3.05, 3.63) is 82.4 Å². The number of aromatic nitrogens is 3. The fourth-order valence-corrected chi connectivity index (χ4v) is 8.54. The molecule has 1 aromatic heterocycles. The molecular formula is C35H44ClN5O5S. The van der Waals surface area contributed by atoms with Crippen molar-refractivity contribution in [3.63, 3.8) is 0 Å². The molecule has 10 nitrogen and oxygen atoms in total. The van der Waals surface area contributed by atoms with E-state index >= 15 is 0 Å². The Morgan fingerprint density at radius 2 is 1.98 bits per heavy atom.